The molecule has 15 heteroatoms. The van der Waals surface area contributed by atoms with E-state index in [9.17, 15) is 13.2 Å². The van der Waals surface area contributed by atoms with Gasteiger partial charge in [-0.2, -0.15) is 23.1 Å². The molecule has 0 radical (unpaired) electrons. The van der Waals surface area contributed by atoms with Crippen molar-refractivity contribution in [2.45, 2.75) is 87.2 Å². The maximum Gasteiger partial charge on any atom is 0.433 e. The van der Waals surface area contributed by atoms with E-state index in [0.717, 1.165) is 63.9 Å². The fraction of sp³-hybridized carbons (Fsp3) is 0.439. The van der Waals surface area contributed by atoms with Crippen molar-refractivity contribution in [3.8, 4) is 35.5 Å². The lowest BCUT2D eigenvalue weighted by atomic mass is 9.95. The number of hydrogen-bond acceptors (Lipinski definition) is 10. The van der Waals surface area contributed by atoms with E-state index >= 15 is 8.78 Å². The first kappa shape index (κ1) is 35.2. The highest BCUT2D eigenvalue weighted by molar-refractivity contribution is 6.02. The van der Waals surface area contributed by atoms with Crippen LogP contribution in [0, 0.1) is 24.0 Å². The third-order valence-corrected chi connectivity index (χ3v) is 12.6. The van der Waals surface area contributed by atoms with Crippen LogP contribution in [0.2, 0.25) is 0 Å². The molecular formula is C41H37F5N8O2. The highest BCUT2D eigenvalue weighted by Gasteiger charge is 2.50. The summed E-state index contributed by atoms with van der Waals surface area (Å²) in [5, 5.41) is 5.39. The lowest BCUT2D eigenvalue weighted by Crippen LogP contribution is -2.58. The Hall–Kier alpha value is -5.20. The number of fused-ring (bicyclic) bond motifs is 7. The van der Waals surface area contributed by atoms with Gasteiger partial charge in [-0.1, -0.05) is 30.2 Å². The molecule has 0 unspecified atom stereocenters. The number of nitrogens with zero attached hydrogens (tertiary/aromatic N) is 7. The van der Waals surface area contributed by atoms with E-state index in [-0.39, 0.29) is 71.6 Å². The van der Waals surface area contributed by atoms with Gasteiger partial charge in [-0.05, 0) is 69.4 Å². The summed E-state index contributed by atoms with van der Waals surface area (Å²) in [6.45, 7) is 1.86. The fourth-order valence-electron chi connectivity index (χ4n) is 10.0. The molecule has 8 heterocycles. The van der Waals surface area contributed by atoms with Crippen LogP contribution in [-0.2, 0) is 12.6 Å². The molecule has 10 rings (SSSR count). The predicted octanol–water partition coefficient (Wildman–Crippen LogP) is 6.62. The topological polar surface area (TPSA) is 101 Å². The Morgan fingerprint density at radius 3 is 2.73 bits per heavy atom. The van der Waals surface area contributed by atoms with Crippen molar-refractivity contribution < 1.29 is 31.4 Å². The Morgan fingerprint density at radius 1 is 0.982 bits per heavy atom. The maximum atomic E-state index is 17.3. The monoisotopic (exact) mass is 768 g/mol. The third-order valence-electron chi connectivity index (χ3n) is 12.6. The van der Waals surface area contributed by atoms with Gasteiger partial charge < -0.3 is 19.7 Å². The van der Waals surface area contributed by atoms with Gasteiger partial charge in [-0.25, -0.2) is 23.7 Å². The number of nitrogens with one attached hydrogen (secondary N) is 1. The molecule has 1 N–H and O–H groups in total. The molecule has 10 nitrogen and oxygen atoms in total. The van der Waals surface area contributed by atoms with Gasteiger partial charge in [-0.15, -0.1) is 6.42 Å². The van der Waals surface area contributed by atoms with Gasteiger partial charge in [0.05, 0.1) is 22.2 Å². The van der Waals surface area contributed by atoms with Crippen LogP contribution in [0.15, 0.2) is 42.7 Å². The van der Waals surface area contributed by atoms with E-state index in [1.54, 1.807) is 18.2 Å². The van der Waals surface area contributed by atoms with Crippen molar-refractivity contribution in [1.82, 2.24) is 35.1 Å². The summed E-state index contributed by atoms with van der Waals surface area (Å²) in [4.78, 5) is 26.6. The number of rotatable bonds is 7. The molecule has 5 aromatic rings. The van der Waals surface area contributed by atoms with Gasteiger partial charge in [-0.3, -0.25) is 4.90 Å². The first-order chi connectivity index (χ1) is 27.1. The Balaban J connectivity index is 1.01. The number of aryl methyl sites for hydroxylation is 1. The minimum atomic E-state index is -4.60. The molecule has 0 spiro atoms. The molecule has 2 aromatic carbocycles. The van der Waals surface area contributed by atoms with E-state index in [1.807, 2.05) is 6.07 Å². The maximum absolute atomic E-state index is 17.3. The second-order valence-corrected chi connectivity index (χ2v) is 15.6. The third kappa shape index (κ3) is 5.71. The number of halogens is 5. The summed E-state index contributed by atoms with van der Waals surface area (Å²) in [6, 6.07) is 9.68. The van der Waals surface area contributed by atoms with Crippen LogP contribution in [0.4, 0.5) is 27.8 Å². The predicted molar refractivity (Wildman–Crippen MR) is 197 cm³/mol. The minimum absolute atomic E-state index is 0.0422. The molecule has 5 atom stereocenters. The molecule has 4 saturated heterocycles. The first-order valence-electron chi connectivity index (χ1n) is 19.1. The lowest BCUT2D eigenvalue weighted by Gasteiger charge is -2.41. The van der Waals surface area contributed by atoms with Crippen LogP contribution in [0.1, 0.15) is 61.9 Å². The number of benzene rings is 2. The normalized spacial score (nSPS) is 25.6. The van der Waals surface area contributed by atoms with E-state index in [2.05, 4.69) is 31.0 Å². The summed E-state index contributed by atoms with van der Waals surface area (Å²) in [7, 11) is 0. The van der Waals surface area contributed by atoms with Gasteiger partial charge in [0.1, 0.15) is 42.4 Å². The van der Waals surface area contributed by atoms with Crippen molar-refractivity contribution in [1.29, 1.82) is 0 Å². The molecule has 0 amide bonds. The van der Waals surface area contributed by atoms with Crippen LogP contribution in [-0.4, -0.2) is 85.8 Å². The molecule has 56 heavy (non-hydrogen) atoms. The zero-order chi connectivity index (χ0) is 38.3. The van der Waals surface area contributed by atoms with E-state index < -0.39 is 23.5 Å². The molecule has 2 bridgehead atoms. The number of terminal acetylenes is 1. The average molecular weight is 769 g/mol. The van der Waals surface area contributed by atoms with Crippen LogP contribution in [0.5, 0.6) is 11.9 Å². The van der Waals surface area contributed by atoms with Gasteiger partial charge in [0.2, 0.25) is 5.88 Å². The fourth-order valence-corrected chi connectivity index (χ4v) is 10.0. The second-order valence-electron chi connectivity index (χ2n) is 15.6. The zero-order valence-electron chi connectivity index (χ0n) is 30.3. The van der Waals surface area contributed by atoms with E-state index in [0.29, 0.717) is 46.2 Å². The first-order valence-corrected chi connectivity index (χ1v) is 19.1. The van der Waals surface area contributed by atoms with Crippen LogP contribution in [0.25, 0.3) is 32.9 Å². The Labute approximate surface area is 318 Å². The summed E-state index contributed by atoms with van der Waals surface area (Å²) in [6.07, 6.45) is 8.73. The number of anilines is 1. The van der Waals surface area contributed by atoms with Crippen molar-refractivity contribution in [2.75, 3.05) is 31.2 Å². The molecule has 4 fully saturated rings. The van der Waals surface area contributed by atoms with Crippen molar-refractivity contribution in [2.24, 2.45) is 0 Å². The average Bonchev–Trinajstić information content (AvgIpc) is 3.86. The summed E-state index contributed by atoms with van der Waals surface area (Å²) in [5.74, 6) is 1.71. The summed E-state index contributed by atoms with van der Waals surface area (Å²) < 4.78 is 84.4. The SMILES string of the molecule is C#Cc1c(F)ccc2cccc(-c3nc4c5c(nc(OC[C@@]67CCCN6[C@H](COc6cc(C(F)(F)F)ncn6)CC7)nc5c3F)N3C[C@H]5CC[C@H](N5)[C@H]3CC4)c12. The van der Waals surface area contributed by atoms with Gasteiger partial charge in [0.25, 0.3) is 0 Å². The van der Waals surface area contributed by atoms with Gasteiger partial charge in [0, 0.05) is 47.7 Å². The van der Waals surface area contributed by atoms with E-state index in [1.165, 1.54) is 6.07 Å². The molecular weight excluding hydrogens is 731 g/mol. The summed E-state index contributed by atoms with van der Waals surface area (Å²) in [5.41, 5.74) is -0.213. The molecule has 0 aliphatic carbocycles. The highest BCUT2D eigenvalue weighted by atomic mass is 19.4. The molecule has 5 aliphatic heterocycles. The Morgan fingerprint density at radius 2 is 1.88 bits per heavy atom. The summed E-state index contributed by atoms with van der Waals surface area (Å²) >= 11 is 0. The van der Waals surface area contributed by atoms with Gasteiger partial charge in [0.15, 0.2) is 11.5 Å². The van der Waals surface area contributed by atoms with Crippen LogP contribution < -0.4 is 19.7 Å². The smallest absolute Gasteiger partial charge is 0.433 e. The van der Waals surface area contributed by atoms with E-state index in [4.69, 9.17) is 30.8 Å². The minimum Gasteiger partial charge on any atom is -0.476 e. The number of piperazine rings is 1. The van der Waals surface area contributed by atoms with Crippen LogP contribution in [0.3, 0.4) is 0 Å². The number of pyridine rings is 1. The van der Waals surface area contributed by atoms with Crippen molar-refractivity contribution >= 4 is 27.5 Å². The highest BCUT2D eigenvalue weighted by Crippen LogP contribution is 2.45. The lowest BCUT2D eigenvalue weighted by molar-refractivity contribution is -0.141. The number of aromatic nitrogens is 5. The number of alkyl halides is 3. The number of ether oxygens (including phenoxy) is 2. The quantitative estimate of drug-likeness (QED) is 0.144. The second kappa shape index (κ2) is 13.2. The van der Waals surface area contributed by atoms with Gasteiger partial charge >= 0.3 is 12.2 Å². The molecule has 3 aromatic heterocycles. The zero-order valence-corrected chi connectivity index (χ0v) is 30.3. The molecule has 0 saturated carbocycles. The molecule has 5 aliphatic rings. The molecule has 288 valence electrons. The largest absolute Gasteiger partial charge is 0.476 e. The standard InChI is InChI=1S/C41H37F5N8O2/c1-2-25-27(42)9-7-22-5-3-6-26(33(22)25)36-35(43)37-34-29(50-36)11-12-30-28-10-8-23(49-28)18-53(30)38(34)52-39(51-37)56-20-40-14-4-16-54(40)24(13-15-40)19-55-32-17-31(41(44,45)46)47-21-48-32/h1,3,5-7,9,17,21,23-24,28,30,49H,4,8,10-16,18-20H2/t23-,24+,28+,30-,40+/m1/s1. The Kier molecular flexibility index (Phi) is 8.30. The number of hydrogen-bond donors (Lipinski definition) is 1. The Bertz CT molecular complexity index is 2440. The van der Waals surface area contributed by atoms with Crippen LogP contribution >= 0.6 is 0 Å². The van der Waals surface area contributed by atoms with Crippen molar-refractivity contribution in [3.63, 3.8) is 0 Å². The van der Waals surface area contributed by atoms with Crippen molar-refractivity contribution in [3.05, 3.63) is 71.3 Å².